The number of nitrogens with zero attached hydrogens (tertiary/aromatic N) is 1. The second kappa shape index (κ2) is 6.41. The van der Waals surface area contributed by atoms with Crippen LogP contribution in [0.15, 0.2) is 36.4 Å². The molecule has 21 heavy (non-hydrogen) atoms. The first-order chi connectivity index (χ1) is 10.0. The Balaban J connectivity index is 2.14. The third-order valence-corrected chi connectivity index (χ3v) is 3.43. The summed E-state index contributed by atoms with van der Waals surface area (Å²) in [5.74, 6) is 0.812. The van der Waals surface area contributed by atoms with Gasteiger partial charge in [-0.25, -0.2) is 4.39 Å². The summed E-state index contributed by atoms with van der Waals surface area (Å²) in [6, 6.07) is 12.2. The Morgan fingerprint density at radius 3 is 2.57 bits per heavy atom. The molecule has 0 bridgehead atoms. The molecule has 0 aromatic heterocycles. The molecule has 0 unspecified atom stereocenters. The summed E-state index contributed by atoms with van der Waals surface area (Å²) in [5, 5.41) is 8.84. The SMILES string of the molecule is Cc1cc(OCc2cc(C#N)ccc2F)ccc1C(C)C. The molecule has 2 aromatic rings. The number of rotatable bonds is 4. The summed E-state index contributed by atoms with van der Waals surface area (Å²) in [7, 11) is 0. The van der Waals surface area contributed by atoms with Crippen molar-refractivity contribution >= 4 is 0 Å². The number of aryl methyl sites for hydroxylation is 1. The third kappa shape index (κ3) is 3.61. The Morgan fingerprint density at radius 1 is 1.19 bits per heavy atom. The monoisotopic (exact) mass is 283 g/mol. The lowest BCUT2D eigenvalue weighted by Gasteiger charge is -2.13. The van der Waals surface area contributed by atoms with Crippen LogP contribution in [-0.4, -0.2) is 0 Å². The van der Waals surface area contributed by atoms with Gasteiger partial charge in [0, 0.05) is 5.56 Å². The minimum Gasteiger partial charge on any atom is -0.489 e. The van der Waals surface area contributed by atoms with Gasteiger partial charge in [0.25, 0.3) is 0 Å². The van der Waals surface area contributed by atoms with Gasteiger partial charge in [0.15, 0.2) is 0 Å². The average molecular weight is 283 g/mol. The molecule has 0 aliphatic rings. The molecular formula is C18H18FNO. The second-order valence-corrected chi connectivity index (χ2v) is 5.38. The minimum atomic E-state index is -0.357. The number of halogens is 1. The molecule has 0 radical (unpaired) electrons. The van der Waals surface area contributed by atoms with Crippen molar-refractivity contribution in [3.63, 3.8) is 0 Å². The fourth-order valence-corrected chi connectivity index (χ4v) is 2.30. The van der Waals surface area contributed by atoms with E-state index in [-0.39, 0.29) is 12.4 Å². The zero-order valence-electron chi connectivity index (χ0n) is 12.5. The van der Waals surface area contributed by atoms with Crippen LogP contribution in [-0.2, 0) is 6.61 Å². The average Bonchev–Trinajstić information content (AvgIpc) is 2.46. The largest absolute Gasteiger partial charge is 0.489 e. The van der Waals surface area contributed by atoms with Crippen molar-refractivity contribution in [1.82, 2.24) is 0 Å². The molecule has 2 rings (SSSR count). The molecule has 3 heteroatoms. The fourth-order valence-electron chi connectivity index (χ4n) is 2.30. The Kier molecular flexibility index (Phi) is 4.59. The lowest BCUT2D eigenvalue weighted by atomic mass is 9.98. The summed E-state index contributed by atoms with van der Waals surface area (Å²) >= 11 is 0. The van der Waals surface area contributed by atoms with Gasteiger partial charge in [-0.05, 0) is 54.3 Å². The number of hydrogen-bond acceptors (Lipinski definition) is 2. The van der Waals surface area contributed by atoms with Crippen LogP contribution in [0.3, 0.4) is 0 Å². The Morgan fingerprint density at radius 2 is 1.95 bits per heavy atom. The van der Waals surface area contributed by atoms with Crippen LogP contribution in [0, 0.1) is 24.1 Å². The van der Waals surface area contributed by atoms with Gasteiger partial charge >= 0.3 is 0 Å². The number of benzene rings is 2. The van der Waals surface area contributed by atoms with Crippen LogP contribution in [0.25, 0.3) is 0 Å². The van der Waals surface area contributed by atoms with Crippen molar-refractivity contribution in [2.75, 3.05) is 0 Å². The van der Waals surface area contributed by atoms with E-state index in [1.165, 1.54) is 23.8 Å². The van der Waals surface area contributed by atoms with Crippen molar-refractivity contribution < 1.29 is 9.13 Å². The Bertz CT molecular complexity index is 686. The molecule has 0 amide bonds. The van der Waals surface area contributed by atoms with Gasteiger partial charge in [0.2, 0.25) is 0 Å². The molecule has 0 atom stereocenters. The molecule has 0 saturated carbocycles. The fraction of sp³-hybridized carbons (Fsp3) is 0.278. The van der Waals surface area contributed by atoms with E-state index >= 15 is 0 Å². The molecular weight excluding hydrogens is 265 g/mol. The van der Waals surface area contributed by atoms with Gasteiger partial charge in [-0.3, -0.25) is 0 Å². The maximum Gasteiger partial charge on any atom is 0.129 e. The molecule has 2 aromatic carbocycles. The van der Waals surface area contributed by atoms with Crippen LogP contribution in [0.4, 0.5) is 4.39 Å². The van der Waals surface area contributed by atoms with Gasteiger partial charge in [-0.15, -0.1) is 0 Å². The highest BCUT2D eigenvalue weighted by atomic mass is 19.1. The van der Waals surface area contributed by atoms with E-state index in [1.54, 1.807) is 0 Å². The predicted molar refractivity (Wildman–Crippen MR) is 80.7 cm³/mol. The Hall–Kier alpha value is -2.34. The van der Waals surface area contributed by atoms with E-state index in [0.29, 0.717) is 22.8 Å². The third-order valence-electron chi connectivity index (χ3n) is 3.43. The van der Waals surface area contributed by atoms with Crippen LogP contribution in [0.1, 0.15) is 42.0 Å². The van der Waals surface area contributed by atoms with Crippen molar-refractivity contribution in [3.05, 3.63) is 64.5 Å². The molecule has 2 nitrogen and oxygen atoms in total. The molecule has 108 valence electrons. The molecule has 0 N–H and O–H groups in total. The zero-order chi connectivity index (χ0) is 15.4. The topological polar surface area (TPSA) is 33.0 Å². The summed E-state index contributed by atoms with van der Waals surface area (Å²) in [6.07, 6.45) is 0. The van der Waals surface area contributed by atoms with Gasteiger partial charge < -0.3 is 4.74 Å². The molecule has 0 aliphatic carbocycles. The summed E-state index contributed by atoms with van der Waals surface area (Å²) in [5.41, 5.74) is 3.26. The van der Waals surface area contributed by atoms with E-state index < -0.39 is 0 Å². The molecule has 0 heterocycles. The van der Waals surface area contributed by atoms with E-state index in [0.717, 1.165) is 5.56 Å². The zero-order valence-corrected chi connectivity index (χ0v) is 12.5. The lowest BCUT2D eigenvalue weighted by molar-refractivity contribution is 0.299. The maximum absolute atomic E-state index is 13.7. The van der Waals surface area contributed by atoms with E-state index in [9.17, 15) is 4.39 Å². The van der Waals surface area contributed by atoms with E-state index in [4.69, 9.17) is 10.00 Å². The summed E-state index contributed by atoms with van der Waals surface area (Å²) < 4.78 is 19.3. The first-order valence-corrected chi connectivity index (χ1v) is 6.93. The quantitative estimate of drug-likeness (QED) is 0.814. The van der Waals surface area contributed by atoms with Gasteiger partial charge in [0.1, 0.15) is 18.2 Å². The van der Waals surface area contributed by atoms with Crippen molar-refractivity contribution in [2.24, 2.45) is 0 Å². The van der Waals surface area contributed by atoms with Crippen LogP contribution in [0.5, 0.6) is 5.75 Å². The summed E-state index contributed by atoms with van der Waals surface area (Å²) in [4.78, 5) is 0. The standard InChI is InChI=1S/C18H18FNO/c1-12(2)17-6-5-16(8-13(17)3)21-11-15-9-14(10-20)4-7-18(15)19/h4-9,12H,11H2,1-3H3. The highest BCUT2D eigenvalue weighted by molar-refractivity contribution is 5.37. The number of hydrogen-bond donors (Lipinski definition) is 0. The smallest absolute Gasteiger partial charge is 0.129 e. The highest BCUT2D eigenvalue weighted by Crippen LogP contribution is 2.24. The minimum absolute atomic E-state index is 0.113. The van der Waals surface area contributed by atoms with Crippen LogP contribution < -0.4 is 4.74 Å². The van der Waals surface area contributed by atoms with Crippen LogP contribution in [0.2, 0.25) is 0 Å². The van der Waals surface area contributed by atoms with Crippen LogP contribution >= 0.6 is 0 Å². The van der Waals surface area contributed by atoms with Crippen molar-refractivity contribution in [2.45, 2.75) is 33.3 Å². The van der Waals surface area contributed by atoms with Gasteiger partial charge in [0.05, 0.1) is 11.6 Å². The summed E-state index contributed by atoms with van der Waals surface area (Å²) in [6.45, 7) is 6.44. The molecule has 0 fully saturated rings. The normalized spacial score (nSPS) is 10.5. The maximum atomic E-state index is 13.7. The number of nitriles is 1. The van der Waals surface area contributed by atoms with Gasteiger partial charge in [-0.1, -0.05) is 19.9 Å². The van der Waals surface area contributed by atoms with Crippen molar-refractivity contribution in [3.8, 4) is 11.8 Å². The Labute approximate surface area is 124 Å². The van der Waals surface area contributed by atoms with Crippen molar-refractivity contribution in [1.29, 1.82) is 5.26 Å². The highest BCUT2D eigenvalue weighted by Gasteiger charge is 2.07. The number of ether oxygens (including phenoxy) is 1. The molecule has 0 saturated heterocycles. The molecule has 0 aliphatic heterocycles. The predicted octanol–water partition coefficient (Wildman–Crippen LogP) is 4.71. The first kappa shape index (κ1) is 15.1. The second-order valence-electron chi connectivity index (χ2n) is 5.38. The lowest BCUT2D eigenvalue weighted by Crippen LogP contribution is -2.00. The first-order valence-electron chi connectivity index (χ1n) is 6.93. The van der Waals surface area contributed by atoms with E-state index in [1.807, 2.05) is 31.2 Å². The van der Waals surface area contributed by atoms with E-state index in [2.05, 4.69) is 13.8 Å². The molecule has 0 spiro atoms. The van der Waals surface area contributed by atoms with Gasteiger partial charge in [-0.2, -0.15) is 5.26 Å².